The summed E-state index contributed by atoms with van der Waals surface area (Å²) in [6, 6.07) is 0. The summed E-state index contributed by atoms with van der Waals surface area (Å²) in [7, 11) is 0. The van der Waals surface area contributed by atoms with Gasteiger partial charge in [0, 0.05) is 18.0 Å². The second-order valence-corrected chi connectivity index (χ2v) is 3.74. The van der Waals surface area contributed by atoms with Crippen LogP contribution in [-0.4, -0.2) is 23.3 Å². The van der Waals surface area contributed by atoms with E-state index in [-0.39, 0.29) is 11.5 Å². The van der Waals surface area contributed by atoms with Crippen molar-refractivity contribution >= 4 is 0 Å². The van der Waals surface area contributed by atoms with E-state index in [1.807, 2.05) is 5.10 Å². The van der Waals surface area contributed by atoms with Gasteiger partial charge in [0.1, 0.15) is 5.69 Å². The molecule has 0 spiro atoms. The average Bonchev–Trinajstić information content (AvgIpc) is 2.67. The Morgan fingerprint density at radius 1 is 1.40 bits per heavy atom. The van der Waals surface area contributed by atoms with Crippen LogP contribution in [0.15, 0.2) is 6.20 Å². The van der Waals surface area contributed by atoms with Crippen LogP contribution in [0, 0.1) is 0 Å². The maximum atomic E-state index is 12.5. The van der Waals surface area contributed by atoms with Crippen LogP contribution in [-0.2, 0) is 6.18 Å². The second kappa shape index (κ2) is 3.84. The van der Waals surface area contributed by atoms with Crippen molar-refractivity contribution < 1.29 is 13.2 Å². The Bertz CT molecular complexity index is 326. The molecular weight excluding hydrogens is 207 g/mol. The van der Waals surface area contributed by atoms with Crippen LogP contribution in [0.5, 0.6) is 0 Å². The van der Waals surface area contributed by atoms with Crippen molar-refractivity contribution in [1.29, 1.82) is 0 Å². The molecule has 15 heavy (non-hydrogen) atoms. The van der Waals surface area contributed by atoms with E-state index in [2.05, 4.69) is 10.4 Å². The average molecular weight is 219 g/mol. The summed E-state index contributed by atoms with van der Waals surface area (Å²) in [6.07, 6.45) is -1.34. The molecule has 2 rings (SSSR count). The molecule has 0 saturated carbocycles. The van der Waals surface area contributed by atoms with E-state index in [0.29, 0.717) is 6.54 Å². The van der Waals surface area contributed by atoms with Crippen molar-refractivity contribution in [2.45, 2.75) is 24.9 Å². The van der Waals surface area contributed by atoms with Gasteiger partial charge in [0.2, 0.25) is 0 Å². The van der Waals surface area contributed by atoms with Crippen LogP contribution >= 0.6 is 0 Å². The summed E-state index contributed by atoms with van der Waals surface area (Å²) in [6.45, 7) is 1.48. The minimum absolute atomic E-state index is 0.0749. The van der Waals surface area contributed by atoms with E-state index in [0.717, 1.165) is 19.4 Å². The van der Waals surface area contributed by atoms with Crippen LogP contribution in [0.2, 0.25) is 0 Å². The Balaban J connectivity index is 2.24. The normalized spacial score (nSPS) is 23.0. The van der Waals surface area contributed by atoms with Gasteiger partial charge < -0.3 is 5.32 Å². The number of piperidine rings is 1. The number of rotatable bonds is 1. The lowest BCUT2D eigenvalue weighted by Crippen LogP contribution is -2.29. The third kappa shape index (κ3) is 2.14. The molecule has 1 saturated heterocycles. The van der Waals surface area contributed by atoms with Crippen LogP contribution in [0.1, 0.15) is 30.0 Å². The van der Waals surface area contributed by atoms with Crippen molar-refractivity contribution in [2.24, 2.45) is 0 Å². The fraction of sp³-hybridized carbons (Fsp3) is 0.667. The van der Waals surface area contributed by atoms with Gasteiger partial charge in [-0.3, -0.25) is 5.10 Å². The van der Waals surface area contributed by atoms with Crippen molar-refractivity contribution in [3.63, 3.8) is 0 Å². The number of nitrogens with zero attached hydrogens (tertiary/aromatic N) is 1. The first kappa shape index (κ1) is 10.5. The fourth-order valence-corrected chi connectivity index (χ4v) is 1.95. The lowest BCUT2D eigenvalue weighted by molar-refractivity contribution is -0.142. The molecule has 0 bridgehead atoms. The van der Waals surface area contributed by atoms with E-state index < -0.39 is 11.9 Å². The summed E-state index contributed by atoms with van der Waals surface area (Å²) >= 11 is 0. The first-order valence-electron chi connectivity index (χ1n) is 4.90. The second-order valence-electron chi connectivity index (χ2n) is 3.74. The Morgan fingerprint density at radius 3 is 2.80 bits per heavy atom. The zero-order valence-electron chi connectivity index (χ0n) is 8.06. The molecular formula is C9H12F3N3. The van der Waals surface area contributed by atoms with Gasteiger partial charge in [-0.2, -0.15) is 18.3 Å². The van der Waals surface area contributed by atoms with Gasteiger partial charge in [-0.15, -0.1) is 0 Å². The Hall–Kier alpha value is -1.04. The third-order valence-electron chi connectivity index (χ3n) is 2.69. The van der Waals surface area contributed by atoms with E-state index in [1.165, 1.54) is 6.20 Å². The molecule has 2 heterocycles. The number of H-pyrrole nitrogens is 1. The van der Waals surface area contributed by atoms with Crippen molar-refractivity contribution in [1.82, 2.24) is 15.5 Å². The molecule has 3 nitrogen and oxygen atoms in total. The summed E-state index contributed by atoms with van der Waals surface area (Å²) in [4.78, 5) is 0. The highest BCUT2D eigenvalue weighted by Gasteiger charge is 2.37. The number of nitrogens with one attached hydrogen (secondary N) is 2. The smallest absolute Gasteiger partial charge is 0.316 e. The molecule has 1 aromatic rings. The molecule has 1 atom stereocenters. The SMILES string of the molecule is FC(F)(F)c1[nH]ncc1C1CCCNC1. The number of aromatic nitrogens is 2. The standard InChI is InChI=1S/C9H12F3N3/c10-9(11,12)8-7(5-14-15-8)6-2-1-3-13-4-6/h5-6,13H,1-4H2,(H,14,15). The maximum Gasteiger partial charge on any atom is 0.433 e. The van der Waals surface area contributed by atoms with E-state index in [1.54, 1.807) is 0 Å². The topological polar surface area (TPSA) is 40.7 Å². The van der Waals surface area contributed by atoms with Gasteiger partial charge in [-0.25, -0.2) is 0 Å². The molecule has 6 heteroatoms. The predicted molar refractivity (Wildman–Crippen MR) is 48.4 cm³/mol. The summed E-state index contributed by atoms with van der Waals surface area (Å²) in [5.41, 5.74) is -0.411. The van der Waals surface area contributed by atoms with Gasteiger partial charge in [-0.1, -0.05) is 0 Å². The van der Waals surface area contributed by atoms with E-state index in [4.69, 9.17) is 0 Å². The molecule has 1 fully saturated rings. The largest absolute Gasteiger partial charge is 0.433 e. The lowest BCUT2D eigenvalue weighted by atomic mass is 9.92. The van der Waals surface area contributed by atoms with Gasteiger partial charge >= 0.3 is 6.18 Å². The summed E-state index contributed by atoms with van der Waals surface area (Å²) in [5.74, 6) is -0.0749. The molecule has 84 valence electrons. The zero-order chi connectivity index (χ0) is 10.9. The fourth-order valence-electron chi connectivity index (χ4n) is 1.95. The van der Waals surface area contributed by atoms with E-state index in [9.17, 15) is 13.2 Å². The highest BCUT2D eigenvalue weighted by Crippen LogP contribution is 2.35. The number of alkyl halides is 3. The molecule has 1 unspecified atom stereocenters. The minimum atomic E-state index is -4.33. The number of hydrogen-bond acceptors (Lipinski definition) is 2. The van der Waals surface area contributed by atoms with E-state index >= 15 is 0 Å². The maximum absolute atomic E-state index is 12.5. The molecule has 0 amide bonds. The first-order valence-corrected chi connectivity index (χ1v) is 4.90. The van der Waals surface area contributed by atoms with Crippen LogP contribution in [0.4, 0.5) is 13.2 Å². The van der Waals surface area contributed by atoms with Crippen molar-refractivity contribution in [2.75, 3.05) is 13.1 Å². The van der Waals surface area contributed by atoms with Gasteiger partial charge in [0.25, 0.3) is 0 Å². The lowest BCUT2D eigenvalue weighted by Gasteiger charge is -2.23. The van der Waals surface area contributed by atoms with Gasteiger partial charge in [0.15, 0.2) is 0 Å². The van der Waals surface area contributed by atoms with Gasteiger partial charge in [-0.05, 0) is 19.4 Å². The number of halogens is 3. The molecule has 1 aliphatic rings. The first-order chi connectivity index (χ1) is 7.09. The molecule has 1 aliphatic heterocycles. The molecule has 0 radical (unpaired) electrons. The van der Waals surface area contributed by atoms with Crippen LogP contribution < -0.4 is 5.32 Å². The Morgan fingerprint density at radius 2 is 2.20 bits per heavy atom. The van der Waals surface area contributed by atoms with Crippen molar-refractivity contribution in [3.05, 3.63) is 17.5 Å². The molecule has 1 aromatic heterocycles. The minimum Gasteiger partial charge on any atom is -0.316 e. The molecule has 2 N–H and O–H groups in total. The highest BCUT2D eigenvalue weighted by atomic mass is 19.4. The quantitative estimate of drug-likeness (QED) is 0.757. The molecule has 0 aliphatic carbocycles. The number of hydrogen-bond donors (Lipinski definition) is 2. The predicted octanol–water partition coefficient (Wildman–Crippen LogP) is 1.90. The molecule has 0 aromatic carbocycles. The zero-order valence-corrected chi connectivity index (χ0v) is 8.06. The Kier molecular flexibility index (Phi) is 2.68. The summed E-state index contributed by atoms with van der Waals surface area (Å²) < 4.78 is 37.6. The monoisotopic (exact) mass is 219 g/mol. The van der Waals surface area contributed by atoms with Crippen LogP contribution in [0.25, 0.3) is 0 Å². The van der Waals surface area contributed by atoms with Gasteiger partial charge in [0.05, 0.1) is 6.20 Å². The third-order valence-corrected chi connectivity index (χ3v) is 2.69. The number of aromatic amines is 1. The Labute approximate surface area is 85.1 Å². The summed E-state index contributed by atoms with van der Waals surface area (Å²) in [5, 5.41) is 8.62. The van der Waals surface area contributed by atoms with Crippen LogP contribution in [0.3, 0.4) is 0 Å². The van der Waals surface area contributed by atoms with Crippen molar-refractivity contribution in [3.8, 4) is 0 Å². The highest BCUT2D eigenvalue weighted by molar-refractivity contribution is 5.24.